The van der Waals surface area contributed by atoms with Gasteiger partial charge in [-0.05, 0) is 12.1 Å². The number of hydrogen-bond acceptors (Lipinski definition) is 4. The van der Waals surface area contributed by atoms with Crippen molar-refractivity contribution in [1.82, 2.24) is 0 Å². The minimum atomic E-state index is -3.82. The predicted octanol–water partition coefficient (Wildman–Crippen LogP) is 2.83. The summed E-state index contributed by atoms with van der Waals surface area (Å²) < 4.78 is 27.5. The third-order valence-corrected chi connectivity index (χ3v) is 4.90. The molecule has 1 N–H and O–H groups in total. The van der Waals surface area contributed by atoms with Crippen LogP contribution in [0.4, 0.5) is 5.69 Å². The topological polar surface area (TPSA) is 58.5 Å². The van der Waals surface area contributed by atoms with E-state index in [-0.39, 0.29) is 15.1 Å². The van der Waals surface area contributed by atoms with Crippen LogP contribution in [0, 0.1) is 12.3 Å². The Hall–Kier alpha value is -0.870. The molecule has 0 fully saturated rings. The fourth-order valence-corrected chi connectivity index (χ4v) is 4.12. The highest BCUT2D eigenvalue weighted by atomic mass is 35.5. The largest absolute Gasteiger partial charge is 0.333 e. The highest BCUT2D eigenvalue weighted by Crippen LogP contribution is 2.37. The van der Waals surface area contributed by atoms with Crippen molar-refractivity contribution in [3.8, 4) is 12.3 Å². The Kier molecular flexibility index (Phi) is 3.78. The number of terminal acetylenes is 1. The molecular formula is C10H6Cl2N2O2S2. The molecule has 94 valence electrons. The second-order valence-electron chi connectivity index (χ2n) is 3.25. The quantitative estimate of drug-likeness (QED) is 0.808. The summed E-state index contributed by atoms with van der Waals surface area (Å²) in [5.74, 6) is 2.69. The van der Waals surface area contributed by atoms with Crippen molar-refractivity contribution in [2.24, 2.45) is 4.40 Å². The second-order valence-corrected chi connectivity index (χ2v) is 6.60. The Balaban J connectivity index is 2.53. The monoisotopic (exact) mass is 320 g/mol. The van der Waals surface area contributed by atoms with Crippen molar-refractivity contribution >= 4 is 55.8 Å². The third kappa shape index (κ3) is 2.59. The molecule has 0 radical (unpaired) electrons. The smallest absolute Gasteiger partial charge is 0.288 e. The van der Waals surface area contributed by atoms with Crippen molar-refractivity contribution in [3.63, 3.8) is 0 Å². The summed E-state index contributed by atoms with van der Waals surface area (Å²) in [6.45, 7) is 0. The van der Waals surface area contributed by atoms with Gasteiger partial charge < -0.3 is 5.32 Å². The molecule has 1 aliphatic rings. The van der Waals surface area contributed by atoms with Crippen LogP contribution >= 0.6 is 35.0 Å². The number of amidine groups is 1. The molecule has 1 aliphatic heterocycles. The van der Waals surface area contributed by atoms with E-state index in [2.05, 4.69) is 15.6 Å². The molecular weight excluding hydrogens is 315 g/mol. The first-order chi connectivity index (χ1) is 8.44. The average molecular weight is 321 g/mol. The first-order valence-electron chi connectivity index (χ1n) is 4.61. The lowest BCUT2D eigenvalue weighted by molar-refractivity contribution is 0.598. The van der Waals surface area contributed by atoms with E-state index in [1.165, 1.54) is 12.1 Å². The lowest BCUT2D eigenvalue weighted by Gasteiger charge is -2.18. The van der Waals surface area contributed by atoms with Crippen LogP contribution in [-0.2, 0) is 10.0 Å². The minimum Gasteiger partial charge on any atom is -0.333 e. The number of nitrogens with zero attached hydrogens (tertiary/aromatic N) is 1. The molecule has 0 saturated heterocycles. The summed E-state index contributed by atoms with van der Waals surface area (Å²) in [4.78, 5) is -0.0707. The van der Waals surface area contributed by atoms with Gasteiger partial charge >= 0.3 is 0 Å². The fourth-order valence-electron chi connectivity index (χ4n) is 1.38. The highest BCUT2D eigenvalue weighted by Gasteiger charge is 2.28. The number of halogens is 2. The highest BCUT2D eigenvalue weighted by molar-refractivity contribution is 8.15. The molecule has 0 atom stereocenters. The van der Waals surface area contributed by atoms with Crippen LogP contribution in [-0.4, -0.2) is 19.3 Å². The van der Waals surface area contributed by atoms with Gasteiger partial charge in [-0.25, -0.2) is 0 Å². The van der Waals surface area contributed by atoms with E-state index in [0.717, 1.165) is 11.8 Å². The lowest BCUT2D eigenvalue weighted by atomic mass is 10.3. The van der Waals surface area contributed by atoms with Gasteiger partial charge in [-0.1, -0.05) is 40.9 Å². The van der Waals surface area contributed by atoms with Gasteiger partial charge in [0.1, 0.15) is 4.90 Å². The summed E-state index contributed by atoms with van der Waals surface area (Å²) in [6, 6.07) is 2.84. The standard InChI is InChI=1S/C10H6Cl2N2O2S2/c1-2-3-17-10-13-8-5-6(11)4-7(12)9(8)18(15,16)14-10/h1,4-5H,3H2,(H,13,14). The number of sulfonamides is 1. The molecule has 2 rings (SSSR count). The number of benzene rings is 1. The Morgan fingerprint density at radius 1 is 1.44 bits per heavy atom. The third-order valence-electron chi connectivity index (χ3n) is 2.00. The molecule has 0 spiro atoms. The normalized spacial score (nSPS) is 16.2. The van der Waals surface area contributed by atoms with E-state index in [9.17, 15) is 8.42 Å². The molecule has 1 aromatic rings. The van der Waals surface area contributed by atoms with E-state index >= 15 is 0 Å². The van der Waals surface area contributed by atoms with E-state index in [4.69, 9.17) is 29.6 Å². The molecule has 0 saturated carbocycles. The number of hydrogen-bond donors (Lipinski definition) is 1. The Labute approximate surface area is 119 Å². The molecule has 0 aliphatic carbocycles. The first kappa shape index (κ1) is 13.6. The van der Waals surface area contributed by atoms with Crippen molar-refractivity contribution in [2.45, 2.75) is 4.90 Å². The average Bonchev–Trinajstić information content (AvgIpc) is 2.23. The van der Waals surface area contributed by atoms with Gasteiger partial charge in [-0.2, -0.15) is 8.42 Å². The Morgan fingerprint density at radius 2 is 2.17 bits per heavy atom. The summed E-state index contributed by atoms with van der Waals surface area (Å²) in [5, 5.41) is 3.42. The molecule has 1 aromatic carbocycles. The zero-order chi connectivity index (χ0) is 13.3. The van der Waals surface area contributed by atoms with Crippen molar-refractivity contribution < 1.29 is 8.42 Å². The van der Waals surface area contributed by atoms with Crippen LogP contribution in [0.2, 0.25) is 10.0 Å². The molecule has 0 amide bonds. The number of anilines is 1. The van der Waals surface area contributed by atoms with E-state index in [0.29, 0.717) is 16.5 Å². The van der Waals surface area contributed by atoms with Crippen LogP contribution < -0.4 is 5.32 Å². The summed E-state index contributed by atoms with van der Waals surface area (Å²) in [5.41, 5.74) is 0.307. The number of nitrogens with one attached hydrogen (secondary N) is 1. The molecule has 0 unspecified atom stereocenters. The molecule has 1 heterocycles. The van der Waals surface area contributed by atoms with Gasteiger partial charge in [0.05, 0.1) is 16.5 Å². The first-order valence-corrected chi connectivity index (χ1v) is 7.79. The summed E-state index contributed by atoms with van der Waals surface area (Å²) in [6.07, 6.45) is 5.11. The fraction of sp³-hybridized carbons (Fsp3) is 0.100. The zero-order valence-corrected chi connectivity index (χ0v) is 11.9. The predicted molar refractivity (Wildman–Crippen MR) is 76.0 cm³/mol. The lowest BCUT2D eigenvalue weighted by Crippen LogP contribution is -2.19. The second kappa shape index (κ2) is 5.02. The van der Waals surface area contributed by atoms with Gasteiger partial charge in [0.15, 0.2) is 5.17 Å². The maximum Gasteiger partial charge on any atom is 0.288 e. The van der Waals surface area contributed by atoms with Crippen molar-refractivity contribution in [1.29, 1.82) is 0 Å². The van der Waals surface area contributed by atoms with Crippen LogP contribution in [0.5, 0.6) is 0 Å². The van der Waals surface area contributed by atoms with Crippen LogP contribution in [0.3, 0.4) is 0 Å². The van der Waals surface area contributed by atoms with Gasteiger partial charge in [0, 0.05) is 5.02 Å². The SMILES string of the molecule is C#CCSC1=NS(=O)(=O)c2c(Cl)cc(Cl)cc2N1. The maximum atomic E-state index is 12.0. The Morgan fingerprint density at radius 3 is 2.83 bits per heavy atom. The molecule has 18 heavy (non-hydrogen) atoms. The van der Waals surface area contributed by atoms with Gasteiger partial charge in [0.25, 0.3) is 10.0 Å². The molecule has 0 bridgehead atoms. The van der Waals surface area contributed by atoms with Crippen LogP contribution in [0.1, 0.15) is 0 Å². The van der Waals surface area contributed by atoms with Gasteiger partial charge in [-0.15, -0.1) is 10.8 Å². The Bertz CT molecular complexity index is 678. The summed E-state index contributed by atoms with van der Waals surface area (Å²) in [7, 11) is -3.82. The number of fused-ring (bicyclic) bond motifs is 1. The van der Waals surface area contributed by atoms with Crippen molar-refractivity contribution in [2.75, 3.05) is 11.1 Å². The van der Waals surface area contributed by atoms with E-state index in [1.807, 2.05) is 0 Å². The van der Waals surface area contributed by atoms with Gasteiger partial charge in [0.2, 0.25) is 0 Å². The number of thioether (sulfide) groups is 1. The van der Waals surface area contributed by atoms with Gasteiger partial charge in [-0.3, -0.25) is 0 Å². The minimum absolute atomic E-state index is 0.0368. The summed E-state index contributed by atoms with van der Waals surface area (Å²) >= 11 is 12.8. The maximum absolute atomic E-state index is 12.0. The molecule has 0 aromatic heterocycles. The molecule has 4 nitrogen and oxygen atoms in total. The zero-order valence-electron chi connectivity index (χ0n) is 8.78. The number of rotatable bonds is 1. The van der Waals surface area contributed by atoms with Crippen LogP contribution in [0.25, 0.3) is 0 Å². The van der Waals surface area contributed by atoms with Crippen LogP contribution in [0.15, 0.2) is 21.4 Å². The van der Waals surface area contributed by atoms with E-state index in [1.54, 1.807) is 0 Å². The van der Waals surface area contributed by atoms with E-state index < -0.39 is 10.0 Å². The van der Waals surface area contributed by atoms with Crippen molar-refractivity contribution in [3.05, 3.63) is 22.2 Å². The molecule has 8 heteroatoms.